The average molecular weight is 292 g/mol. The maximum atomic E-state index is 12.5. The van der Waals surface area contributed by atoms with Gasteiger partial charge in [0.1, 0.15) is 10.8 Å². The number of hydrogen-bond acceptors (Lipinski definition) is 4. The summed E-state index contributed by atoms with van der Waals surface area (Å²) in [6, 6.07) is 10.1. The molecule has 0 amide bonds. The van der Waals surface area contributed by atoms with E-state index in [-0.39, 0.29) is 16.6 Å². The zero-order chi connectivity index (χ0) is 14.7. The number of hydrogen-bond donors (Lipinski definition) is 1. The second-order valence-electron chi connectivity index (χ2n) is 4.08. The number of ether oxygens (including phenoxy) is 2. The van der Waals surface area contributed by atoms with Crippen molar-refractivity contribution >= 4 is 23.1 Å². The van der Waals surface area contributed by atoms with E-state index in [9.17, 15) is 4.79 Å². The number of ketones is 1. The van der Waals surface area contributed by atoms with E-state index in [1.807, 2.05) is 0 Å². The van der Waals surface area contributed by atoms with Crippen molar-refractivity contribution in [1.82, 2.24) is 0 Å². The summed E-state index contributed by atoms with van der Waals surface area (Å²) in [5.41, 5.74) is 6.99. The summed E-state index contributed by atoms with van der Waals surface area (Å²) in [5, 5.41) is 0.260. The molecule has 0 radical (unpaired) electrons. The number of halogens is 1. The minimum atomic E-state index is -0.246. The summed E-state index contributed by atoms with van der Waals surface area (Å²) in [7, 11) is 2.95. The van der Waals surface area contributed by atoms with E-state index in [0.717, 1.165) is 0 Å². The third-order valence-corrected chi connectivity index (χ3v) is 3.29. The summed E-state index contributed by atoms with van der Waals surface area (Å²) in [4.78, 5) is 12.5. The van der Waals surface area contributed by atoms with Crippen molar-refractivity contribution in [2.45, 2.75) is 0 Å². The van der Waals surface area contributed by atoms with Crippen LogP contribution in [-0.4, -0.2) is 20.0 Å². The van der Waals surface area contributed by atoms with Gasteiger partial charge in [0.25, 0.3) is 0 Å². The minimum Gasteiger partial charge on any atom is -0.495 e. The maximum absolute atomic E-state index is 12.5. The van der Waals surface area contributed by atoms with Crippen LogP contribution in [0.5, 0.6) is 11.5 Å². The van der Waals surface area contributed by atoms with Crippen molar-refractivity contribution in [3.63, 3.8) is 0 Å². The number of rotatable bonds is 4. The molecule has 5 heteroatoms. The van der Waals surface area contributed by atoms with E-state index in [1.165, 1.54) is 14.2 Å². The summed E-state index contributed by atoms with van der Waals surface area (Å²) < 4.78 is 10.3. The van der Waals surface area contributed by atoms with Gasteiger partial charge in [0.15, 0.2) is 11.5 Å². The lowest BCUT2D eigenvalue weighted by atomic mass is 10.0. The second-order valence-corrected chi connectivity index (χ2v) is 4.46. The van der Waals surface area contributed by atoms with Crippen molar-refractivity contribution in [3.8, 4) is 11.5 Å². The summed E-state index contributed by atoms with van der Waals surface area (Å²) in [6.07, 6.45) is 0. The zero-order valence-electron chi connectivity index (χ0n) is 11.1. The fraction of sp³-hybridized carbons (Fsp3) is 0.133. The van der Waals surface area contributed by atoms with Crippen LogP contribution in [0.4, 0.5) is 5.69 Å². The quantitative estimate of drug-likeness (QED) is 0.694. The zero-order valence-corrected chi connectivity index (χ0v) is 11.9. The van der Waals surface area contributed by atoms with Crippen LogP contribution in [0, 0.1) is 0 Å². The number of carbonyl (C=O) groups excluding carboxylic acids is 1. The molecule has 0 saturated heterocycles. The van der Waals surface area contributed by atoms with Crippen molar-refractivity contribution in [1.29, 1.82) is 0 Å². The SMILES string of the molecule is COc1ccc(C(=O)c2ccccc2N)c(OC)c1Cl. The molecule has 2 aromatic carbocycles. The smallest absolute Gasteiger partial charge is 0.198 e. The number of nitrogens with two attached hydrogens (primary N) is 1. The molecule has 0 bridgehead atoms. The summed E-state index contributed by atoms with van der Waals surface area (Å²) >= 11 is 6.15. The first-order valence-electron chi connectivity index (χ1n) is 5.89. The molecule has 0 heterocycles. The average Bonchev–Trinajstić information content (AvgIpc) is 2.46. The maximum Gasteiger partial charge on any atom is 0.198 e. The third kappa shape index (κ3) is 2.42. The molecule has 0 aliphatic carbocycles. The monoisotopic (exact) mass is 291 g/mol. The minimum absolute atomic E-state index is 0.246. The van der Waals surface area contributed by atoms with Gasteiger partial charge >= 0.3 is 0 Å². The van der Waals surface area contributed by atoms with Crippen molar-refractivity contribution in [2.75, 3.05) is 20.0 Å². The lowest BCUT2D eigenvalue weighted by Gasteiger charge is -2.13. The highest BCUT2D eigenvalue weighted by Gasteiger charge is 2.20. The molecule has 0 aliphatic heterocycles. The molecular formula is C15H14ClNO3. The van der Waals surface area contributed by atoms with Gasteiger partial charge in [0.05, 0.1) is 19.8 Å². The Morgan fingerprint density at radius 2 is 1.75 bits per heavy atom. The van der Waals surface area contributed by atoms with Crippen LogP contribution >= 0.6 is 11.6 Å². The molecule has 20 heavy (non-hydrogen) atoms. The standard InChI is InChI=1S/C15H14ClNO3/c1-19-12-8-7-10(15(20-2)13(12)16)14(18)9-5-3-4-6-11(9)17/h3-8H,17H2,1-2H3. The van der Waals surface area contributed by atoms with Crippen molar-refractivity contribution in [3.05, 3.63) is 52.5 Å². The van der Waals surface area contributed by atoms with Crippen LogP contribution < -0.4 is 15.2 Å². The molecule has 0 fully saturated rings. The highest BCUT2D eigenvalue weighted by Crippen LogP contribution is 2.38. The highest BCUT2D eigenvalue weighted by atomic mass is 35.5. The largest absolute Gasteiger partial charge is 0.495 e. The van der Waals surface area contributed by atoms with E-state index < -0.39 is 0 Å². The third-order valence-electron chi connectivity index (χ3n) is 2.94. The Kier molecular flexibility index (Phi) is 4.15. The Morgan fingerprint density at radius 1 is 1.05 bits per heavy atom. The normalized spacial score (nSPS) is 10.2. The predicted molar refractivity (Wildman–Crippen MR) is 78.8 cm³/mol. The van der Waals surface area contributed by atoms with Crippen LogP contribution in [-0.2, 0) is 0 Å². The predicted octanol–water partition coefficient (Wildman–Crippen LogP) is 3.17. The van der Waals surface area contributed by atoms with Gasteiger partial charge in [-0.15, -0.1) is 0 Å². The van der Waals surface area contributed by atoms with Gasteiger partial charge in [-0.2, -0.15) is 0 Å². The summed E-state index contributed by atoms with van der Waals surface area (Å²) in [5.74, 6) is 0.477. The number of methoxy groups -OCH3 is 2. The van der Waals surface area contributed by atoms with Gasteiger partial charge in [-0.3, -0.25) is 4.79 Å². The number of carbonyl (C=O) groups is 1. The molecule has 2 N–H and O–H groups in total. The van der Waals surface area contributed by atoms with Crippen molar-refractivity contribution in [2.24, 2.45) is 0 Å². The molecule has 2 rings (SSSR count). The van der Waals surface area contributed by atoms with Crippen LogP contribution in [0.15, 0.2) is 36.4 Å². The van der Waals surface area contributed by atoms with E-state index in [4.69, 9.17) is 26.8 Å². The molecule has 0 unspecified atom stereocenters. The van der Waals surface area contributed by atoms with Crippen LogP contribution in [0.3, 0.4) is 0 Å². The van der Waals surface area contributed by atoms with Gasteiger partial charge in [0, 0.05) is 11.3 Å². The molecular weight excluding hydrogens is 278 g/mol. The number of anilines is 1. The van der Waals surface area contributed by atoms with Gasteiger partial charge in [-0.1, -0.05) is 23.7 Å². The Labute approximate surface area is 122 Å². The number of nitrogen functional groups attached to an aromatic ring is 1. The van der Waals surface area contributed by atoms with E-state index in [1.54, 1.807) is 36.4 Å². The molecule has 0 aromatic heterocycles. The van der Waals surface area contributed by atoms with Gasteiger partial charge in [0.2, 0.25) is 0 Å². The Morgan fingerprint density at radius 3 is 2.35 bits per heavy atom. The first-order valence-corrected chi connectivity index (χ1v) is 6.27. The summed E-state index contributed by atoms with van der Waals surface area (Å²) in [6.45, 7) is 0. The van der Waals surface area contributed by atoms with E-state index >= 15 is 0 Å². The number of benzene rings is 2. The van der Waals surface area contributed by atoms with E-state index in [2.05, 4.69) is 0 Å². The van der Waals surface area contributed by atoms with Gasteiger partial charge in [-0.25, -0.2) is 0 Å². The van der Waals surface area contributed by atoms with Gasteiger partial charge < -0.3 is 15.2 Å². The Hall–Kier alpha value is -2.20. The fourth-order valence-electron chi connectivity index (χ4n) is 1.92. The first-order chi connectivity index (χ1) is 9.60. The lowest BCUT2D eigenvalue weighted by Crippen LogP contribution is -2.07. The molecule has 104 valence electrons. The topological polar surface area (TPSA) is 61.5 Å². The Balaban J connectivity index is 2.56. The lowest BCUT2D eigenvalue weighted by molar-refractivity contribution is 0.103. The molecule has 0 saturated carbocycles. The van der Waals surface area contributed by atoms with Gasteiger partial charge in [-0.05, 0) is 24.3 Å². The molecule has 0 atom stereocenters. The molecule has 4 nitrogen and oxygen atoms in total. The van der Waals surface area contributed by atoms with Crippen molar-refractivity contribution < 1.29 is 14.3 Å². The fourth-order valence-corrected chi connectivity index (χ4v) is 2.24. The molecule has 0 spiro atoms. The molecule has 0 aliphatic rings. The van der Waals surface area contributed by atoms with Crippen LogP contribution in [0.2, 0.25) is 5.02 Å². The second kappa shape index (κ2) is 5.84. The van der Waals surface area contributed by atoms with Crippen LogP contribution in [0.25, 0.3) is 0 Å². The van der Waals surface area contributed by atoms with Crippen LogP contribution in [0.1, 0.15) is 15.9 Å². The highest BCUT2D eigenvalue weighted by molar-refractivity contribution is 6.34. The van der Waals surface area contributed by atoms with E-state index in [0.29, 0.717) is 22.6 Å². The number of para-hydroxylation sites is 1. The molecule has 2 aromatic rings. The first kappa shape index (κ1) is 14.2. The Bertz CT molecular complexity index is 656.